The second kappa shape index (κ2) is 7.40. The lowest BCUT2D eigenvalue weighted by atomic mass is 10.1. The number of hydrogen-bond acceptors (Lipinski definition) is 5. The van der Waals surface area contributed by atoms with Crippen LogP contribution in [0.4, 0.5) is 0 Å². The molecule has 4 rings (SSSR count). The molecule has 0 saturated carbocycles. The number of carbonyl (C=O) groups is 1. The van der Waals surface area contributed by atoms with Crippen molar-refractivity contribution in [3.63, 3.8) is 0 Å². The fourth-order valence-electron chi connectivity index (χ4n) is 3.29. The van der Waals surface area contributed by atoms with Gasteiger partial charge in [0.2, 0.25) is 0 Å². The van der Waals surface area contributed by atoms with Crippen LogP contribution in [0, 0.1) is 0 Å². The molecule has 0 fully saturated rings. The normalized spacial score (nSPS) is 12.6. The minimum atomic E-state index is -0.234. The molecule has 0 aliphatic heterocycles. The van der Waals surface area contributed by atoms with Crippen molar-refractivity contribution in [1.29, 1.82) is 0 Å². The third-order valence-electron chi connectivity index (χ3n) is 5.09. The summed E-state index contributed by atoms with van der Waals surface area (Å²) in [5, 5.41) is 6.37. The average molecular weight is 407 g/mol. The van der Waals surface area contributed by atoms with E-state index in [1.165, 1.54) is 4.68 Å². The lowest BCUT2D eigenvalue weighted by Crippen LogP contribution is -2.34. The lowest BCUT2D eigenvalue weighted by molar-refractivity contribution is 0.0736. The van der Waals surface area contributed by atoms with E-state index in [0.29, 0.717) is 10.8 Å². The molecule has 7 heteroatoms. The summed E-state index contributed by atoms with van der Waals surface area (Å²) in [5.74, 6) is -0.234. The highest BCUT2D eigenvalue weighted by Gasteiger charge is 2.26. The smallest absolute Gasteiger partial charge is 0.275 e. The van der Waals surface area contributed by atoms with E-state index >= 15 is 0 Å². The Kier molecular flexibility index (Phi) is 4.92. The SMILES string of the molecule is CC(c1nc2ccccc2s1)N(C)C(=O)c1nn(C(C)C)c(=O)c2ccccc12. The second-order valence-corrected chi connectivity index (χ2v) is 8.41. The number of para-hydroxylation sites is 1. The maximum atomic E-state index is 13.4. The van der Waals surface area contributed by atoms with Crippen LogP contribution in [-0.4, -0.2) is 32.6 Å². The van der Waals surface area contributed by atoms with Crippen molar-refractivity contribution in [2.24, 2.45) is 0 Å². The number of amides is 1. The molecule has 1 unspecified atom stereocenters. The average Bonchev–Trinajstić information content (AvgIpc) is 3.16. The van der Waals surface area contributed by atoms with Crippen molar-refractivity contribution in [3.8, 4) is 0 Å². The quantitative estimate of drug-likeness (QED) is 0.503. The Morgan fingerprint density at radius 1 is 1.03 bits per heavy atom. The van der Waals surface area contributed by atoms with Gasteiger partial charge in [-0.3, -0.25) is 9.59 Å². The summed E-state index contributed by atoms with van der Waals surface area (Å²) in [7, 11) is 1.75. The van der Waals surface area contributed by atoms with E-state index in [2.05, 4.69) is 10.1 Å². The first-order chi connectivity index (χ1) is 13.9. The van der Waals surface area contributed by atoms with Gasteiger partial charge in [0.05, 0.1) is 27.7 Å². The monoisotopic (exact) mass is 406 g/mol. The van der Waals surface area contributed by atoms with Gasteiger partial charge in [0.15, 0.2) is 5.69 Å². The summed E-state index contributed by atoms with van der Waals surface area (Å²) in [6, 6.07) is 14.7. The maximum Gasteiger partial charge on any atom is 0.275 e. The molecule has 2 heterocycles. The molecule has 0 spiro atoms. The van der Waals surface area contributed by atoms with Crippen molar-refractivity contribution in [1.82, 2.24) is 19.7 Å². The molecule has 1 atom stereocenters. The van der Waals surface area contributed by atoms with Crippen molar-refractivity contribution >= 4 is 38.2 Å². The van der Waals surface area contributed by atoms with Gasteiger partial charge in [0, 0.05) is 12.4 Å². The van der Waals surface area contributed by atoms with E-state index in [9.17, 15) is 9.59 Å². The topological polar surface area (TPSA) is 68.1 Å². The molecule has 1 amide bonds. The molecule has 29 heavy (non-hydrogen) atoms. The number of nitrogens with zero attached hydrogens (tertiary/aromatic N) is 4. The van der Waals surface area contributed by atoms with Crippen LogP contribution < -0.4 is 5.56 Å². The Morgan fingerprint density at radius 2 is 1.69 bits per heavy atom. The zero-order valence-corrected chi connectivity index (χ0v) is 17.6. The molecule has 0 N–H and O–H groups in total. The van der Waals surface area contributed by atoms with Crippen molar-refractivity contribution in [2.75, 3.05) is 7.05 Å². The van der Waals surface area contributed by atoms with Gasteiger partial charge in [-0.15, -0.1) is 11.3 Å². The first-order valence-corrected chi connectivity index (χ1v) is 10.3. The largest absolute Gasteiger partial charge is 0.331 e. The Bertz CT molecular complexity index is 1240. The van der Waals surface area contributed by atoms with E-state index in [1.54, 1.807) is 41.5 Å². The summed E-state index contributed by atoms with van der Waals surface area (Å²) in [4.78, 5) is 32.5. The zero-order chi connectivity index (χ0) is 20.7. The van der Waals surface area contributed by atoms with Gasteiger partial charge in [0.25, 0.3) is 11.5 Å². The van der Waals surface area contributed by atoms with Gasteiger partial charge in [0.1, 0.15) is 5.01 Å². The van der Waals surface area contributed by atoms with Crippen LogP contribution in [0.2, 0.25) is 0 Å². The van der Waals surface area contributed by atoms with E-state index in [4.69, 9.17) is 0 Å². The second-order valence-electron chi connectivity index (χ2n) is 7.35. The first kappa shape index (κ1) is 19.3. The standard InChI is InChI=1S/C22H22N4O2S/c1-13(2)26-21(27)16-10-6-5-9-15(16)19(24-26)22(28)25(4)14(3)20-23-17-11-7-8-12-18(17)29-20/h5-14H,1-4H3. The predicted molar refractivity (Wildman–Crippen MR) is 117 cm³/mol. The highest BCUT2D eigenvalue weighted by Crippen LogP contribution is 2.30. The number of benzene rings is 2. The molecule has 148 valence electrons. The number of carbonyl (C=O) groups excluding carboxylic acids is 1. The fraction of sp³-hybridized carbons (Fsp3) is 0.273. The Labute approximate surface area is 172 Å². The Morgan fingerprint density at radius 3 is 2.38 bits per heavy atom. The predicted octanol–water partition coefficient (Wildman–Crippen LogP) is 4.42. The van der Waals surface area contributed by atoms with E-state index < -0.39 is 0 Å². The van der Waals surface area contributed by atoms with Crippen molar-refractivity contribution in [2.45, 2.75) is 32.9 Å². The van der Waals surface area contributed by atoms with E-state index in [-0.39, 0.29) is 29.2 Å². The van der Waals surface area contributed by atoms with Crippen LogP contribution in [0.1, 0.15) is 48.4 Å². The number of aromatic nitrogens is 3. The summed E-state index contributed by atoms with van der Waals surface area (Å²) in [5.41, 5.74) is 1.02. The molecular weight excluding hydrogens is 384 g/mol. The number of hydrogen-bond donors (Lipinski definition) is 0. The van der Waals surface area contributed by atoms with Crippen LogP contribution in [0.5, 0.6) is 0 Å². The minimum Gasteiger partial charge on any atom is -0.331 e. The molecule has 2 aromatic heterocycles. The van der Waals surface area contributed by atoms with E-state index in [0.717, 1.165) is 15.2 Å². The van der Waals surface area contributed by atoms with Crippen LogP contribution >= 0.6 is 11.3 Å². The molecule has 0 saturated heterocycles. The summed E-state index contributed by atoms with van der Waals surface area (Å²) >= 11 is 1.58. The highest BCUT2D eigenvalue weighted by atomic mass is 32.1. The minimum absolute atomic E-state index is 0.148. The fourth-order valence-corrected chi connectivity index (χ4v) is 4.35. The Balaban J connectivity index is 1.78. The summed E-state index contributed by atoms with van der Waals surface area (Å²) in [6.45, 7) is 5.71. The van der Waals surface area contributed by atoms with Crippen LogP contribution in [-0.2, 0) is 0 Å². The molecule has 2 aromatic carbocycles. The summed E-state index contributed by atoms with van der Waals surface area (Å²) < 4.78 is 2.47. The van der Waals surface area contributed by atoms with Gasteiger partial charge in [-0.25, -0.2) is 9.67 Å². The van der Waals surface area contributed by atoms with Crippen LogP contribution in [0.3, 0.4) is 0 Å². The molecule has 0 aliphatic rings. The molecular formula is C22H22N4O2S. The van der Waals surface area contributed by atoms with Crippen LogP contribution in [0.25, 0.3) is 21.0 Å². The number of fused-ring (bicyclic) bond motifs is 2. The van der Waals surface area contributed by atoms with Gasteiger partial charge in [-0.2, -0.15) is 5.10 Å². The molecule has 0 aliphatic carbocycles. The maximum absolute atomic E-state index is 13.4. The van der Waals surface area contributed by atoms with E-state index in [1.807, 2.05) is 51.1 Å². The van der Waals surface area contributed by atoms with Crippen LogP contribution in [0.15, 0.2) is 53.3 Å². The summed E-state index contributed by atoms with van der Waals surface area (Å²) in [6.07, 6.45) is 0. The third kappa shape index (κ3) is 3.31. The number of thiazole rings is 1. The highest BCUT2D eigenvalue weighted by molar-refractivity contribution is 7.18. The lowest BCUT2D eigenvalue weighted by Gasteiger charge is -2.24. The van der Waals surface area contributed by atoms with Crippen molar-refractivity contribution in [3.05, 3.63) is 69.6 Å². The first-order valence-electron chi connectivity index (χ1n) is 9.52. The number of rotatable bonds is 4. The zero-order valence-electron chi connectivity index (χ0n) is 16.8. The van der Waals surface area contributed by atoms with Gasteiger partial charge < -0.3 is 4.90 Å². The van der Waals surface area contributed by atoms with Gasteiger partial charge in [-0.05, 0) is 39.0 Å². The van der Waals surface area contributed by atoms with Gasteiger partial charge >= 0.3 is 0 Å². The molecule has 0 bridgehead atoms. The van der Waals surface area contributed by atoms with Gasteiger partial charge in [-0.1, -0.05) is 30.3 Å². The van der Waals surface area contributed by atoms with Crippen molar-refractivity contribution < 1.29 is 4.79 Å². The molecule has 6 nitrogen and oxygen atoms in total. The molecule has 0 radical (unpaired) electrons. The third-order valence-corrected chi connectivity index (χ3v) is 6.30. The Hall–Kier alpha value is -3.06. The molecule has 4 aromatic rings.